The Morgan fingerprint density at radius 2 is 1.80 bits per heavy atom. The summed E-state index contributed by atoms with van der Waals surface area (Å²) in [6, 6.07) is 6.98. The molecule has 1 aromatic rings. The van der Waals surface area contributed by atoms with Crippen molar-refractivity contribution >= 4 is 11.7 Å². The fourth-order valence-corrected chi connectivity index (χ4v) is 1.21. The molecule has 1 rings (SSSR count). The van der Waals surface area contributed by atoms with E-state index in [4.69, 9.17) is 21.9 Å². The first-order valence-corrected chi connectivity index (χ1v) is 4.21. The summed E-state index contributed by atoms with van der Waals surface area (Å²) in [5, 5.41) is 22.8. The normalized spacial score (nSPS) is 12.8. The van der Waals surface area contributed by atoms with Crippen molar-refractivity contribution in [3.63, 3.8) is 0 Å². The van der Waals surface area contributed by atoms with Gasteiger partial charge in [-0.05, 0) is 5.56 Å². The molecule has 0 aliphatic rings. The number of benzene rings is 1. The first kappa shape index (κ1) is 10.8. The summed E-state index contributed by atoms with van der Waals surface area (Å²) in [6.45, 7) is 0. The van der Waals surface area contributed by atoms with Crippen LogP contribution in [0.1, 0.15) is 11.1 Å². The lowest BCUT2D eigenvalue weighted by Gasteiger charge is -2.06. The SMILES string of the molecule is N/C(Cc1ccccc1/C(N)=N/O)=N\O. The van der Waals surface area contributed by atoms with Crippen LogP contribution in [-0.4, -0.2) is 22.1 Å². The van der Waals surface area contributed by atoms with E-state index in [1.54, 1.807) is 24.3 Å². The predicted molar refractivity (Wildman–Crippen MR) is 56.1 cm³/mol. The van der Waals surface area contributed by atoms with E-state index in [2.05, 4.69) is 10.3 Å². The maximum Gasteiger partial charge on any atom is 0.170 e. The van der Waals surface area contributed by atoms with E-state index in [1.165, 1.54) is 0 Å². The van der Waals surface area contributed by atoms with E-state index in [9.17, 15) is 0 Å². The quantitative estimate of drug-likeness (QED) is 0.243. The molecule has 0 saturated carbocycles. The summed E-state index contributed by atoms with van der Waals surface area (Å²) in [4.78, 5) is 0. The van der Waals surface area contributed by atoms with Crippen molar-refractivity contribution < 1.29 is 10.4 Å². The molecule has 6 heteroatoms. The van der Waals surface area contributed by atoms with Crippen molar-refractivity contribution in [2.75, 3.05) is 0 Å². The Morgan fingerprint density at radius 1 is 1.13 bits per heavy atom. The van der Waals surface area contributed by atoms with Crippen LogP contribution in [0.5, 0.6) is 0 Å². The Morgan fingerprint density at radius 3 is 2.40 bits per heavy atom. The van der Waals surface area contributed by atoms with E-state index in [0.717, 1.165) is 5.56 Å². The minimum Gasteiger partial charge on any atom is -0.409 e. The number of rotatable bonds is 3. The van der Waals surface area contributed by atoms with Crippen molar-refractivity contribution in [3.05, 3.63) is 35.4 Å². The summed E-state index contributed by atoms with van der Waals surface area (Å²) >= 11 is 0. The zero-order chi connectivity index (χ0) is 11.3. The number of hydrogen-bond acceptors (Lipinski definition) is 4. The maximum absolute atomic E-state index is 8.56. The molecule has 1 aromatic carbocycles. The standard InChI is InChI=1S/C9H12N4O2/c10-8(12-14)5-6-3-1-2-4-7(6)9(11)13-15/h1-4,14-15H,5H2,(H2,10,12)(H2,11,13). The lowest BCUT2D eigenvalue weighted by atomic mass is 10.0. The summed E-state index contributed by atoms with van der Waals surface area (Å²) < 4.78 is 0. The second-order valence-electron chi connectivity index (χ2n) is 2.91. The van der Waals surface area contributed by atoms with Gasteiger partial charge in [0.1, 0.15) is 5.84 Å². The largest absolute Gasteiger partial charge is 0.409 e. The van der Waals surface area contributed by atoms with Gasteiger partial charge in [-0.2, -0.15) is 0 Å². The average Bonchev–Trinajstić information content (AvgIpc) is 2.28. The minimum atomic E-state index is -0.00339. The number of nitrogens with two attached hydrogens (primary N) is 2. The molecule has 0 atom stereocenters. The second-order valence-corrected chi connectivity index (χ2v) is 2.91. The van der Waals surface area contributed by atoms with Crippen molar-refractivity contribution in [2.45, 2.75) is 6.42 Å². The van der Waals surface area contributed by atoms with Gasteiger partial charge in [0.2, 0.25) is 0 Å². The van der Waals surface area contributed by atoms with Gasteiger partial charge in [0.05, 0.1) is 0 Å². The molecule has 0 spiro atoms. The van der Waals surface area contributed by atoms with Crippen molar-refractivity contribution in [1.82, 2.24) is 0 Å². The highest BCUT2D eigenvalue weighted by Gasteiger charge is 2.07. The maximum atomic E-state index is 8.56. The van der Waals surface area contributed by atoms with E-state index < -0.39 is 0 Å². The van der Waals surface area contributed by atoms with Crippen LogP contribution in [0, 0.1) is 0 Å². The number of nitrogens with zero attached hydrogens (tertiary/aromatic N) is 2. The van der Waals surface area contributed by atoms with Gasteiger partial charge in [-0.1, -0.05) is 34.6 Å². The van der Waals surface area contributed by atoms with Crippen LogP contribution in [0.2, 0.25) is 0 Å². The molecule has 15 heavy (non-hydrogen) atoms. The van der Waals surface area contributed by atoms with E-state index >= 15 is 0 Å². The van der Waals surface area contributed by atoms with Crippen LogP contribution in [-0.2, 0) is 6.42 Å². The number of oxime groups is 2. The van der Waals surface area contributed by atoms with Gasteiger partial charge in [0.15, 0.2) is 5.84 Å². The Labute approximate surface area is 86.5 Å². The molecule has 0 aliphatic heterocycles. The van der Waals surface area contributed by atoms with Gasteiger partial charge in [-0.15, -0.1) is 0 Å². The molecule has 6 N–H and O–H groups in total. The van der Waals surface area contributed by atoms with E-state index in [1.807, 2.05) is 0 Å². The zero-order valence-electron chi connectivity index (χ0n) is 7.96. The molecular formula is C9H12N4O2. The van der Waals surface area contributed by atoms with Crippen molar-refractivity contribution in [3.8, 4) is 0 Å². The molecule has 0 fully saturated rings. The van der Waals surface area contributed by atoms with E-state index in [-0.39, 0.29) is 18.1 Å². The molecular weight excluding hydrogens is 196 g/mol. The van der Waals surface area contributed by atoms with Crippen LogP contribution < -0.4 is 11.5 Å². The number of hydrogen-bond donors (Lipinski definition) is 4. The monoisotopic (exact) mass is 208 g/mol. The lowest BCUT2D eigenvalue weighted by Crippen LogP contribution is -2.20. The Balaban J connectivity index is 3.07. The molecule has 6 nitrogen and oxygen atoms in total. The van der Waals surface area contributed by atoms with Crippen LogP contribution >= 0.6 is 0 Å². The fraction of sp³-hybridized carbons (Fsp3) is 0.111. The molecule has 0 radical (unpaired) electrons. The molecule has 0 amide bonds. The Kier molecular flexibility index (Phi) is 3.50. The Hall–Kier alpha value is -2.24. The minimum absolute atomic E-state index is 0.00339. The van der Waals surface area contributed by atoms with Gasteiger partial charge >= 0.3 is 0 Å². The van der Waals surface area contributed by atoms with Gasteiger partial charge in [0.25, 0.3) is 0 Å². The number of amidine groups is 2. The molecule has 80 valence electrons. The molecule has 0 heterocycles. The van der Waals surface area contributed by atoms with Gasteiger partial charge in [0, 0.05) is 12.0 Å². The molecule has 0 saturated heterocycles. The third kappa shape index (κ3) is 2.60. The first-order valence-electron chi connectivity index (χ1n) is 4.21. The third-order valence-corrected chi connectivity index (χ3v) is 1.90. The van der Waals surface area contributed by atoms with Crippen LogP contribution in [0.25, 0.3) is 0 Å². The highest BCUT2D eigenvalue weighted by atomic mass is 16.4. The van der Waals surface area contributed by atoms with E-state index in [0.29, 0.717) is 5.56 Å². The predicted octanol–water partition coefficient (Wildman–Crippen LogP) is 0.0700. The van der Waals surface area contributed by atoms with Gasteiger partial charge in [-0.3, -0.25) is 0 Å². The molecule has 0 aromatic heterocycles. The fourth-order valence-electron chi connectivity index (χ4n) is 1.21. The summed E-state index contributed by atoms with van der Waals surface area (Å²) in [5.74, 6) is 0.0597. The van der Waals surface area contributed by atoms with Crippen LogP contribution in [0.15, 0.2) is 34.6 Å². The zero-order valence-corrected chi connectivity index (χ0v) is 7.96. The smallest absolute Gasteiger partial charge is 0.170 e. The van der Waals surface area contributed by atoms with Crippen molar-refractivity contribution in [1.29, 1.82) is 0 Å². The Bertz CT molecular complexity index is 401. The van der Waals surface area contributed by atoms with Crippen molar-refractivity contribution in [2.24, 2.45) is 21.8 Å². The van der Waals surface area contributed by atoms with Crippen LogP contribution in [0.3, 0.4) is 0 Å². The molecule has 0 unspecified atom stereocenters. The summed E-state index contributed by atoms with van der Waals surface area (Å²) in [7, 11) is 0. The summed E-state index contributed by atoms with van der Waals surface area (Å²) in [6.07, 6.45) is 0.239. The topological polar surface area (TPSA) is 117 Å². The lowest BCUT2D eigenvalue weighted by molar-refractivity contribution is 0.317. The van der Waals surface area contributed by atoms with Gasteiger partial charge < -0.3 is 21.9 Å². The third-order valence-electron chi connectivity index (χ3n) is 1.90. The molecule has 0 aliphatic carbocycles. The van der Waals surface area contributed by atoms with Gasteiger partial charge in [-0.25, -0.2) is 0 Å². The molecule has 0 bridgehead atoms. The highest BCUT2D eigenvalue weighted by Crippen LogP contribution is 2.09. The van der Waals surface area contributed by atoms with Crippen LogP contribution in [0.4, 0.5) is 0 Å². The average molecular weight is 208 g/mol. The highest BCUT2D eigenvalue weighted by molar-refractivity contribution is 5.99. The summed E-state index contributed by atoms with van der Waals surface area (Å²) in [5.41, 5.74) is 12.1. The second kappa shape index (κ2) is 4.85. The first-order chi connectivity index (χ1) is 7.19.